The number of anilines is 3. The molecule has 0 aromatic heterocycles. The zero-order chi connectivity index (χ0) is 23.5. The van der Waals surface area contributed by atoms with Crippen molar-refractivity contribution in [1.82, 2.24) is 5.32 Å². The molecule has 1 aliphatic carbocycles. The predicted octanol–water partition coefficient (Wildman–Crippen LogP) is 6.45. The monoisotopic (exact) mass is 444 g/mol. The van der Waals surface area contributed by atoms with Crippen LogP contribution in [0.4, 0.5) is 21.9 Å². The highest BCUT2D eigenvalue weighted by Gasteiger charge is 2.14. The van der Waals surface area contributed by atoms with Crippen LogP contribution in [0, 0.1) is 0 Å². The standard InChI is InChI=1S/C25H21NO4.C2H7N/c27-22-15-11-20(12-16-22)26(19-7-3-1-4-8-19)21-13-17-24(18-14-21)30-25(28)29-23-9-5-2-6-10-23;1-3-2/h1,3-5,7-18,27H,2,6H2;3H,1-2H3. The van der Waals surface area contributed by atoms with Gasteiger partial charge in [0.25, 0.3) is 0 Å². The summed E-state index contributed by atoms with van der Waals surface area (Å²) in [6.45, 7) is 0. The van der Waals surface area contributed by atoms with E-state index in [1.165, 1.54) is 0 Å². The summed E-state index contributed by atoms with van der Waals surface area (Å²) in [4.78, 5) is 14.1. The van der Waals surface area contributed by atoms with Crippen molar-refractivity contribution in [3.05, 3.63) is 103 Å². The van der Waals surface area contributed by atoms with E-state index in [1.807, 2.05) is 85.7 Å². The van der Waals surface area contributed by atoms with Crippen LogP contribution >= 0.6 is 0 Å². The van der Waals surface area contributed by atoms with E-state index in [0.717, 1.165) is 29.9 Å². The Hall–Kier alpha value is -4.03. The van der Waals surface area contributed by atoms with Gasteiger partial charge in [-0.1, -0.05) is 24.3 Å². The van der Waals surface area contributed by atoms with Gasteiger partial charge in [0.05, 0.1) is 0 Å². The van der Waals surface area contributed by atoms with E-state index in [0.29, 0.717) is 11.5 Å². The number of ether oxygens (including phenoxy) is 2. The first-order chi connectivity index (χ1) is 16.1. The number of carbonyl (C=O) groups is 1. The van der Waals surface area contributed by atoms with E-state index in [9.17, 15) is 9.90 Å². The van der Waals surface area contributed by atoms with Gasteiger partial charge >= 0.3 is 6.16 Å². The van der Waals surface area contributed by atoms with Crippen molar-refractivity contribution in [2.24, 2.45) is 0 Å². The first-order valence-corrected chi connectivity index (χ1v) is 10.7. The average molecular weight is 445 g/mol. The molecule has 0 aliphatic heterocycles. The maximum Gasteiger partial charge on any atom is 0.519 e. The number of nitrogens with one attached hydrogen (secondary N) is 1. The molecule has 0 fully saturated rings. The molecule has 6 nitrogen and oxygen atoms in total. The third kappa shape index (κ3) is 6.98. The molecule has 0 heterocycles. The molecule has 170 valence electrons. The highest BCUT2D eigenvalue weighted by molar-refractivity contribution is 5.77. The molecule has 3 aromatic rings. The molecule has 6 heteroatoms. The van der Waals surface area contributed by atoms with Crippen LogP contribution in [0.1, 0.15) is 12.8 Å². The summed E-state index contributed by atoms with van der Waals surface area (Å²) in [5.74, 6) is 1.10. The fourth-order valence-electron chi connectivity index (χ4n) is 3.17. The lowest BCUT2D eigenvalue weighted by Gasteiger charge is -2.25. The van der Waals surface area contributed by atoms with Gasteiger partial charge in [0, 0.05) is 17.1 Å². The fraction of sp³-hybridized carbons (Fsp3) is 0.148. The van der Waals surface area contributed by atoms with Crippen molar-refractivity contribution in [2.75, 3.05) is 19.0 Å². The van der Waals surface area contributed by atoms with Gasteiger partial charge in [-0.25, -0.2) is 4.79 Å². The molecular weight excluding hydrogens is 416 g/mol. The normalized spacial score (nSPS) is 12.1. The minimum atomic E-state index is -0.765. The van der Waals surface area contributed by atoms with Crippen LogP contribution in [-0.4, -0.2) is 25.4 Å². The van der Waals surface area contributed by atoms with Crippen LogP contribution in [0.25, 0.3) is 0 Å². The molecule has 2 N–H and O–H groups in total. The molecule has 33 heavy (non-hydrogen) atoms. The van der Waals surface area contributed by atoms with Crippen LogP contribution in [0.15, 0.2) is 103 Å². The maximum atomic E-state index is 12.0. The molecular formula is C27H28N2O4. The van der Waals surface area contributed by atoms with Crippen LogP contribution < -0.4 is 15.0 Å². The number of para-hydroxylation sites is 1. The number of rotatable bonds is 5. The summed E-state index contributed by atoms with van der Waals surface area (Å²) in [6, 6.07) is 24.0. The summed E-state index contributed by atoms with van der Waals surface area (Å²) in [7, 11) is 3.75. The van der Waals surface area contributed by atoms with E-state index in [2.05, 4.69) is 5.32 Å². The Morgan fingerprint density at radius 2 is 1.39 bits per heavy atom. The number of hydrogen-bond acceptors (Lipinski definition) is 6. The lowest BCUT2D eigenvalue weighted by atomic mass is 10.2. The van der Waals surface area contributed by atoms with Crippen LogP contribution in [-0.2, 0) is 4.74 Å². The first kappa shape index (κ1) is 23.6. The lowest BCUT2D eigenvalue weighted by molar-refractivity contribution is 0.129. The number of hydrogen-bond donors (Lipinski definition) is 2. The Labute approximate surface area is 194 Å². The number of aromatic hydroxyl groups is 1. The molecule has 0 unspecified atom stereocenters. The van der Waals surface area contributed by atoms with Crippen molar-refractivity contribution >= 4 is 23.2 Å². The largest absolute Gasteiger partial charge is 0.519 e. The third-order valence-electron chi connectivity index (χ3n) is 4.58. The Balaban J connectivity index is 0.000000968. The second kappa shape index (κ2) is 12.1. The smallest absolute Gasteiger partial charge is 0.508 e. The molecule has 0 bridgehead atoms. The second-order valence-electron chi connectivity index (χ2n) is 7.22. The van der Waals surface area contributed by atoms with E-state index < -0.39 is 6.16 Å². The van der Waals surface area contributed by atoms with Crippen LogP contribution in [0.2, 0.25) is 0 Å². The van der Waals surface area contributed by atoms with Gasteiger partial charge < -0.3 is 24.8 Å². The SMILES string of the molecule is CNC.O=C(OC1=CCCC=C1)Oc1ccc(N(c2ccccc2)c2ccc(O)cc2)cc1. The number of phenols is 1. The summed E-state index contributed by atoms with van der Waals surface area (Å²) in [5.41, 5.74) is 2.74. The van der Waals surface area contributed by atoms with E-state index >= 15 is 0 Å². The number of phenolic OH excluding ortho intramolecular Hbond substituents is 1. The van der Waals surface area contributed by atoms with Crippen molar-refractivity contribution in [1.29, 1.82) is 0 Å². The molecule has 0 spiro atoms. The topological polar surface area (TPSA) is 71.0 Å². The Bertz CT molecular complexity index is 1080. The van der Waals surface area contributed by atoms with Gasteiger partial charge in [-0.3, -0.25) is 0 Å². The molecule has 0 saturated carbocycles. The summed E-state index contributed by atoms with van der Waals surface area (Å²) < 4.78 is 10.5. The third-order valence-corrected chi connectivity index (χ3v) is 4.58. The Kier molecular flexibility index (Phi) is 8.68. The van der Waals surface area contributed by atoms with Crippen molar-refractivity contribution in [3.63, 3.8) is 0 Å². The maximum absolute atomic E-state index is 12.0. The van der Waals surface area contributed by atoms with Gasteiger partial charge in [-0.2, -0.15) is 0 Å². The van der Waals surface area contributed by atoms with E-state index in [1.54, 1.807) is 30.3 Å². The zero-order valence-electron chi connectivity index (χ0n) is 18.8. The Morgan fingerprint density at radius 3 is 1.97 bits per heavy atom. The highest BCUT2D eigenvalue weighted by atomic mass is 16.7. The fourth-order valence-corrected chi connectivity index (χ4v) is 3.17. The molecule has 4 rings (SSSR count). The van der Waals surface area contributed by atoms with Gasteiger partial charge in [-0.15, -0.1) is 0 Å². The predicted molar refractivity (Wildman–Crippen MR) is 131 cm³/mol. The summed E-state index contributed by atoms with van der Waals surface area (Å²) in [5, 5.41) is 12.4. The minimum Gasteiger partial charge on any atom is -0.508 e. The van der Waals surface area contributed by atoms with Gasteiger partial charge in [0.15, 0.2) is 0 Å². The van der Waals surface area contributed by atoms with Crippen LogP contribution in [0.3, 0.4) is 0 Å². The molecule has 0 saturated heterocycles. The van der Waals surface area contributed by atoms with Crippen LogP contribution in [0.5, 0.6) is 11.5 Å². The second-order valence-corrected chi connectivity index (χ2v) is 7.22. The zero-order valence-corrected chi connectivity index (χ0v) is 18.8. The number of allylic oxidation sites excluding steroid dienone is 3. The summed E-state index contributed by atoms with van der Waals surface area (Å²) >= 11 is 0. The first-order valence-electron chi connectivity index (χ1n) is 10.7. The molecule has 0 amide bonds. The average Bonchev–Trinajstić information content (AvgIpc) is 2.83. The molecule has 3 aromatic carbocycles. The van der Waals surface area contributed by atoms with Gasteiger partial charge in [-0.05, 0) is 99.8 Å². The summed E-state index contributed by atoms with van der Waals surface area (Å²) in [6.07, 6.45) is 6.61. The van der Waals surface area contributed by atoms with Gasteiger partial charge in [0.1, 0.15) is 17.3 Å². The Morgan fingerprint density at radius 1 is 0.818 bits per heavy atom. The van der Waals surface area contributed by atoms with Gasteiger partial charge in [0.2, 0.25) is 0 Å². The highest BCUT2D eigenvalue weighted by Crippen LogP contribution is 2.35. The number of carbonyl (C=O) groups excluding carboxylic acids is 1. The minimum absolute atomic E-state index is 0.206. The van der Waals surface area contributed by atoms with E-state index in [-0.39, 0.29) is 5.75 Å². The molecule has 0 radical (unpaired) electrons. The van der Waals surface area contributed by atoms with E-state index in [4.69, 9.17) is 9.47 Å². The molecule has 1 aliphatic rings. The number of nitrogens with zero attached hydrogens (tertiary/aromatic N) is 1. The number of benzene rings is 3. The van der Waals surface area contributed by atoms with Crippen molar-refractivity contribution in [3.8, 4) is 11.5 Å². The van der Waals surface area contributed by atoms with Crippen molar-refractivity contribution < 1.29 is 19.4 Å². The molecule has 0 atom stereocenters. The quantitative estimate of drug-likeness (QED) is 0.348. The lowest BCUT2D eigenvalue weighted by Crippen LogP contribution is -2.11. The van der Waals surface area contributed by atoms with Crippen molar-refractivity contribution in [2.45, 2.75) is 12.8 Å².